The third-order valence-electron chi connectivity index (χ3n) is 5.40. The molecular weight excluding hydrogens is 432 g/mol. The van der Waals surface area contributed by atoms with E-state index >= 15 is 0 Å². The second-order valence-electron chi connectivity index (χ2n) is 7.85. The molecule has 0 aliphatic heterocycles. The number of benzene rings is 3. The van der Waals surface area contributed by atoms with E-state index in [1.807, 2.05) is 72.8 Å². The molecule has 2 heterocycles. The van der Waals surface area contributed by atoms with Crippen LogP contribution in [-0.2, 0) is 35.8 Å². The van der Waals surface area contributed by atoms with Gasteiger partial charge in [-0.2, -0.15) is 0 Å². The molecule has 0 saturated carbocycles. The zero-order chi connectivity index (χ0) is 23.3. The highest BCUT2D eigenvalue weighted by Crippen LogP contribution is 2.11. The lowest BCUT2D eigenvalue weighted by Crippen LogP contribution is -2.28. The molecule has 0 fully saturated rings. The quantitative estimate of drug-likeness (QED) is 0.369. The SMILES string of the molecule is O=C(Cn1nnc2ccccc21)NCc1cccc(CNC(=O)Cn2nnc3ccccc32)c1. The summed E-state index contributed by atoms with van der Waals surface area (Å²) in [5, 5.41) is 22.0. The molecule has 3 aromatic carbocycles. The average molecular weight is 454 g/mol. The fourth-order valence-corrected chi connectivity index (χ4v) is 3.70. The van der Waals surface area contributed by atoms with E-state index in [1.54, 1.807) is 9.36 Å². The van der Waals surface area contributed by atoms with Gasteiger partial charge in [-0.3, -0.25) is 9.59 Å². The van der Waals surface area contributed by atoms with Crippen LogP contribution >= 0.6 is 0 Å². The fourth-order valence-electron chi connectivity index (χ4n) is 3.70. The first-order valence-electron chi connectivity index (χ1n) is 10.8. The molecule has 0 atom stereocenters. The maximum atomic E-state index is 12.4. The summed E-state index contributed by atoms with van der Waals surface area (Å²) < 4.78 is 3.16. The van der Waals surface area contributed by atoms with Crippen LogP contribution in [0.25, 0.3) is 22.1 Å². The molecule has 0 unspecified atom stereocenters. The molecule has 5 aromatic rings. The Bertz CT molecular complexity index is 1360. The van der Waals surface area contributed by atoms with E-state index in [9.17, 15) is 9.59 Å². The number of nitrogens with zero attached hydrogens (tertiary/aromatic N) is 6. The van der Waals surface area contributed by atoms with Crippen LogP contribution in [0.3, 0.4) is 0 Å². The van der Waals surface area contributed by atoms with Crippen molar-refractivity contribution in [2.24, 2.45) is 0 Å². The second-order valence-corrected chi connectivity index (χ2v) is 7.85. The van der Waals surface area contributed by atoms with Crippen molar-refractivity contribution in [1.29, 1.82) is 0 Å². The highest BCUT2D eigenvalue weighted by molar-refractivity contribution is 5.80. The van der Waals surface area contributed by atoms with Gasteiger partial charge in [-0.25, -0.2) is 9.36 Å². The Kier molecular flexibility index (Phi) is 5.93. The topological polar surface area (TPSA) is 120 Å². The molecule has 2 amide bonds. The number of hydrogen-bond donors (Lipinski definition) is 2. The lowest BCUT2D eigenvalue weighted by Gasteiger charge is -2.09. The first-order valence-corrected chi connectivity index (χ1v) is 10.8. The molecule has 2 N–H and O–H groups in total. The third-order valence-corrected chi connectivity index (χ3v) is 5.40. The number of para-hydroxylation sites is 2. The maximum Gasteiger partial charge on any atom is 0.242 e. The zero-order valence-electron chi connectivity index (χ0n) is 18.3. The summed E-state index contributed by atoms with van der Waals surface area (Å²) in [6, 6.07) is 22.7. The Balaban J connectivity index is 1.13. The van der Waals surface area contributed by atoms with Crippen molar-refractivity contribution in [3.05, 3.63) is 83.9 Å². The van der Waals surface area contributed by atoms with E-state index in [-0.39, 0.29) is 24.9 Å². The van der Waals surface area contributed by atoms with Crippen LogP contribution in [0.15, 0.2) is 72.8 Å². The molecule has 10 nitrogen and oxygen atoms in total. The van der Waals surface area contributed by atoms with Crippen molar-refractivity contribution >= 4 is 33.9 Å². The van der Waals surface area contributed by atoms with E-state index in [2.05, 4.69) is 31.3 Å². The molecule has 5 rings (SSSR count). The number of rotatable bonds is 8. The van der Waals surface area contributed by atoms with Crippen LogP contribution in [0.4, 0.5) is 0 Å². The summed E-state index contributed by atoms with van der Waals surface area (Å²) in [6.07, 6.45) is 0. The van der Waals surface area contributed by atoms with Crippen LogP contribution in [-0.4, -0.2) is 41.8 Å². The molecule has 0 bridgehead atoms. The van der Waals surface area contributed by atoms with Crippen molar-refractivity contribution < 1.29 is 9.59 Å². The van der Waals surface area contributed by atoms with Crippen molar-refractivity contribution in [2.45, 2.75) is 26.2 Å². The fraction of sp³-hybridized carbons (Fsp3) is 0.167. The standard InChI is InChI=1S/C24H22N8O2/c33-23(15-31-21-10-3-1-8-19(21)27-29-31)25-13-17-6-5-7-18(12-17)14-26-24(34)16-32-22-11-4-2-9-20(22)28-30-32/h1-12H,13-16H2,(H,25,33)(H,26,34). The predicted octanol–water partition coefficient (Wildman–Crippen LogP) is 1.81. The monoisotopic (exact) mass is 454 g/mol. The number of amides is 2. The van der Waals surface area contributed by atoms with E-state index < -0.39 is 0 Å². The maximum absolute atomic E-state index is 12.4. The van der Waals surface area contributed by atoms with Crippen LogP contribution in [0, 0.1) is 0 Å². The molecule has 10 heteroatoms. The lowest BCUT2D eigenvalue weighted by molar-refractivity contribution is -0.122. The van der Waals surface area contributed by atoms with Crippen molar-refractivity contribution in [3.8, 4) is 0 Å². The average Bonchev–Trinajstić information content (AvgIpc) is 3.46. The van der Waals surface area contributed by atoms with Gasteiger partial charge >= 0.3 is 0 Å². The number of fused-ring (bicyclic) bond motifs is 2. The number of hydrogen-bond acceptors (Lipinski definition) is 6. The Morgan fingerprint density at radius 1 is 0.647 bits per heavy atom. The highest BCUT2D eigenvalue weighted by Gasteiger charge is 2.10. The molecule has 0 aliphatic carbocycles. The highest BCUT2D eigenvalue weighted by atomic mass is 16.2. The number of aromatic nitrogens is 6. The molecule has 0 spiro atoms. The minimum Gasteiger partial charge on any atom is -0.350 e. The molecule has 2 aromatic heterocycles. The normalized spacial score (nSPS) is 11.1. The summed E-state index contributed by atoms with van der Waals surface area (Å²) in [7, 11) is 0. The first-order chi connectivity index (χ1) is 16.7. The Morgan fingerprint density at radius 3 is 1.62 bits per heavy atom. The van der Waals surface area contributed by atoms with E-state index in [0.29, 0.717) is 13.1 Å². The smallest absolute Gasteiger partial charge is 0.242 e. The van der Waals surface area contributed by atoms with Gasteiger partial charge in [0, 0.05) is 13.1 Å². The molecule has 0 saturated heterocycles. The molecule has 0 aliphatic rings. The zero-order valence-corrected chi connectivity index (χ0v) is 18.3. The minimum absolute atomic E-state index is 0.0905. The third kappa shape index (κ3) is 4.75. The van der Waals surface area contributed by atoms with Gasteiger partial charge in [-0.05, 0) is 35.4 Å². The number of nitrogens with one attached hydrogen (secondary N) is 2. The van der Waals surface area contributed by atoms with Gasteiger partial charge in [0.2, 0.25) is 11.8 Å². The Labute approximate surface area is 194 Å². The van der Waals surface area contributed by atoms with Crippen LogP contribution in [0.2, 0.25) is 0 Å². The van der Waals surface area contributed by atoms with Gasteiger partial charge in [0.1, 0.15) is 24.1 Å². The Morgan fingerprint density at radius 2 is 1.12 bits per heavy atom. The van der Waals surface area contributed by atoms with Gasteiger partial charge in [-0.1, -0.05) is 59.0 Å². The van der Waals surface area contributed by atoms with Crippen molar-refractivity contribution in [2.75, 3.05) is 0 Å². The summed E-state index contributed by atoms with van der Waals surface area (Å²) in [5.41, 5.74) is 5.00. The van der Waals surface area contributed by atoms with E-state index in [4.69, 9.17) is 0 Å². The first kappa shape index (κ1) is 21.3. The molecule has 34 heavy (non-hydrogen) atoms. The summed E-state index contributed by atoms with van der Waals surface area (Å²) in [5.74, 6) is -0.316. The van der Waals surface area contributed by atoms with Crippen molar-refractivity contribution in [3.63, 3.8) is 0 Å². The van der Waals surface area contributed by atoms with Crippen molar-refractivity contribution in [1.82, 2.24) is 40.6 Å². The second kappa shape index (κ2) is 9.49. The lowest BCUT2D eigenvalue weighted by atomic mass is 10.1. The summed E-state index contributed by atoms with van der Waals surface area (Å²) in [4.78, 5) is 24.8. The summed E-state index contributed by atoms with van der Waals surface area (Å²) in [6.45, 7) is 0.927. The van der Waals surface area contributed by atoms with Crippen LogP contribution in [0.5, 0.6) is 0 Å². The molecular formula is C24H22N8O2. The predicted molar refractivity (Wildman–Crippen MR) is 125 cm³/mol. The minimum atomic E-state index is -0.158. The number of carbonyl (C=O) groups is 2. The summed E-state index contributed by atoms with van der Waals surface area (Å²) >= 11 is 0. The number of carbonyl (C=O) groups excluding carboxylic acids is 2. The van der Waals surface area contributed by atoms with Gasteiger partial charge in [0.15, 0.2) is 0 Å². The van der Waals surface area contributed by atoms with Gasteiger partial charge in [0.05, 0.1) is 11.0 Å². The molecule has 0 radical (unpaired) electrons. The van der Waals surface area contributed by atoms with Crippen LogP contribution in [0.1, 0.15) is 11.1 Å². The largest absolute Gasteiger partial charge is 0.350 e. The van der Waals surface area contributed by atoms with Crippen LogP contribution < -0.4 is 10.6 Å². The van der Waals surface area contributed by atoms with Gasteiger partial charge in [-0.15, -0.1) is 10.2 Å². The van der Waals surface area contributed by atoms with Gasteiger partial charge in [0.25, 0.3) is 0 Å². The van der Waals surface area contributed by atoms with E-state index in [1.165, 1.54) is 0 Å². The molecule has 170 valence electrons. The van der Waals surface area contributed by atoms with E-state index in [0.717, 1.165) is 33.2 Å². The Hall–Kier alpha value is -4.60. The van der Waals surface area contributed by atoms with Gasteiger partial charge < -0.3 is 10.6 Å².